The Morgan fingerprint density at radius 1 is 1.41 bits per heavy atom. The van der Waals surface area contributed by atoms with Crippen LogP contribution in [-0.2, 0) is 9.84 Å². The Kier molecular flexibility index (Phi) is 6.89. The van der Waals surface area contributed by atoms with Gasteiger partial charge >= 0.3 is 0 Å². The molecule has 0 aromatic heterocycles. The van der Waals surface area contributed by atoms with E-state index < -0.39 is 9.84 Å². The summed E-state index contributed by atoms with van der Waals surface area (Å²) in [6.45, 7) is 4.82. The van der Waals surface area contributed by atoms with E-state index in [4.69, 9.17) is 0 Å². The van der Waals surface area contributed by atoms with Crippen LogP contribution in [-0.4, -0.2) is 43.5 Å². The Morgan fingerprint density at radius 2 is 2.18 bits per heavy atom. The maximum atomic E-state index is 11.4. The van der Waals surface area contributed by atoms with Gasteiger partial charge in [0.15, 0.2) is 0 Å². The zero-order valence-corrected chi connectivity index (χ0v) is 12.6. The molecule has 1 rings (SSSR count). The molecule has 0 radical (unpaired) electrons. The van der Waals surface area contributed by atoms with Crippen molar-refractivity contribution in [3.63, 3.8) is 0 Å². The molecule has 0 aliphatic carbocycles. The molecule has 0 spiro atoms. The molecule has 0 aromatic carbocycles. The fraction of sp³-hybridized carbons (Fsp3) is 1.00. The van der Waals surface area contributed by atoms with Crippen LogP contribution >= 0.6 is 11.8 Å². The summed E-state index contributed by atoms with van der Waals surface area (Å²) in [6.07, 6.45) is 4.38. The minimum atomic E-state index is -2.79. The van der Waals surface area contributed by atoms with E-state index in [0.29, 0.717) is 17.0 Å². The molecule has 2 unspecified atom stereocenters. The second kappa shape index (κ2) is 7.64. The van der Waals surface area contributed by atoms with Crippen molar-refractivity contribution in [2.24, 2.45) is 0 Å². The van der Waals surface area contributed by atoms with Gasteiger partial charge in [-0.15, -0.1) is 0 Å². The lowest BCUT2D eigenvalue weighted by Gasteiger charge is -2.23. The third-order valence-electron chi connectivity index (χ3n) is 3.29. The summed E-state index contributed by atoms with van der Waals surface area (Å²) in [4.78, 5) is 0. The van der Waals surface area contributed by atoms with E-state index in [-0.39, 0.29) is 5.75 Å². The van der Waals surface area contributed by atoms with Gasteiger partial charge in [0.05, 0.1) is 5.75 Å². The summed E-state index contributed by atoms with van der Waals surface area (Å²) in [5.74, 6) is 1.89. The third kappa shape index (κ3) is 5.62. The number of hydrogen-bond acceptors (Lipinski definition) is 4. The molecule has 3 nitrogen and oxygen atoms in total. The van der Waals surface area contributed by atoms with E-state index in [2.05, 4.69) is 12.2 Å². The van der Waals surface area contributed by atoms with Crippen molar-refractivity contribution in [3.05, 3.63) is 0 Å². The molecular weight excluding hydrogens is 254 g/mol. The van der Waals surface area contributed by atoms with Gasteiger partial charge in [0.25, 0.3) is 0 Å². The van der Waals surface area contributed by atoms with Gasteiger partial charge < -0.3 is 5.32 Å². The molecule has 0 bridgehead atoms. The zero-order valence-electron chi connectivity index (χ0n) is 10.9. The molecule has 0 amide bonds. The number of hydrogen-bond donors (Lipinski definition) is 1. The average Bonchev–Trinajstić information content (AvgIpc) is 2.81. The van der Waals surface area contributed by atoms with E-state index in [1.807, 2.05) is 11.8 Å². The molecule has 1 saturated heterocycles. The Morgan fingerprint density at radius 3 is 2.71 bits per heavy atom. The van der Waals surface area contributed by atoms with Gasteiger partial charge in [-0.2, -0.15) is 11.8 Å². The van der Waals surface area contributed by atoms with E-state index >= 15 is 0 Å². The van der Waals surface area contributed by atoms with Crippen LogP contribution in [0.15, 0.2) is 0 Å². The van der Waals surface area contributed by atoms with Crippen LogP contribution in [0.5, 0.6) is 0 Å². The molecule has 1 aliphatic heterocycles. The van der Waals surface area contributed by atoms with Gasteiger partial charge in [0, 0.05) is 17.0 Å². The van der Waals surface area contributed by atoms with Crippen molar-refractivity contribution < 1.29 is 8.42 Å². The Bertz CT molecular complexity index is 298. The molecule has 0 aromatic rings. The van der Waals surface area contributed by atoms with Crippen molar-refractivity contribution in [2.45, 2.75) is 50.8 Å². The van der Waals surface area contributed by atoms with Crippen LogP contribution in [0.25, 0.3) is 0 Å². The maximum Gasteiger partial charge on any atom is 0.150 e. The summed E-state index contributed by atoms with van der Waals surface area (Å²) in [5, 5.41) is 4.21. The lowest BCUT2D eigenvalue weighted by atomic mass is 10.0. The molecule has 1 aliphatic rings. The molecule has 5 heteroatoms. The van der Waals surface area contributed by atoms with E-state index in [9.17, 15) is 8.42 Å². The number of sulfone groups is 1. The number of nitrogens with one attached hydrogen (secondary N) is 1. The second-order valence-corrected chi connectivity index (χ2v) is 8.41. The highest BCUT2D eigenvalue weighted by Gasteiger charge is 2.24. The first kappa shape index (κ1) is 15.3. The fourth-order valence-electron chi connectivity index (χ4n) is 2.27. The van der Waals surface area contributed by atoms with Gasteiger partial charge in [-0.1, -0.05) is 13.8 Å². The van der Waals surface area contributed by atoms with Crippen LogP contribution in [0.1, 0.15) is 39.5 Å². The lowest BCUT2D eigenvalue weighted by molar-refractivity contribution is 0.463. The van der Waals surface area contributed by atoms with Gasteiger partial charge in [-0.3, -0.25) is 0 Å². The largest absolute Gasteiger partial charge is 0.313 e. The van der Waals surface area contributed by atoms with E-state index in [0.717, 1.165) is 19.4 Å². The van der Waals surface area contributed by atoms with Crippen molar-refractivity contribution in [2.75, 3.05) is 23.8 Å². The van der Waals surface area contributed by atoms with Crippen LogP contribution < -0.4 is 5.32 Å². The topological polar surface area (TPSA) is 46.2 Å². The summed E-state index contributed by atoms with van der Waals surface area (Å²) in [5.41, 5.74) is 0. The number of thioether (sulfide) groups is 1. The van der Waals surface area contributed by atoms with Gasteiger partial charge in [0.2, 0.25) is 0 Å². The minimum absolute atomic E-state index is 0.275. The third-order valence-corrected chi connectivity index (χ3v) is 6.60. The summed E-state index contributed by atoms with van der Waals surface area (Å²) >= 11 is 2.04. The van der Waals surface area contributed by atoms with E-state index in [1.165, 1.54) is 18.6 Å². The predicted octanol–water partition coefficient (Wildman–Crippen LogP) is 2.08. The average molecular weight is 279 g/mol. The SMILES string of the molecule is CCNC(CCCS(=O)(=O)CC)C1CCCS1. The summed E-state index contributed by atoms with van der Waals surface area (Å²) < 4.78 is 22.9. The first-order valence-electron chi connectivity index (χ1n) is 6.64. The quantitative estimate of drug-likeness (QED) is 0.739. The minimum Gasteiger partial charge on any atom is -0.313 e. The molecule has 1 heterocycles. The maximum absolute atomic E-state index is 11.4. The monoisotopic (exact) mass is 279 g/mol. The molecule has 1 N–H and O–H groups in total. The van der Waals surface area contributed by atoms with Crippen LogP contribution in [0.4, 0.5) is 0 Å². The molecule has 0 saturated carbocycles. The van der Waals surface area contributed by atoms with Gasteiger partial charge in [0.1, 0.15) is 9.84 Å². The first-order valence-corrected chi connectivity index (χ1v) is 9.51. The molecule has 17 heavy (non-hydrogen) atoms. The normalized spacial score (nSPS) is 22.8. The van der Waals surface area contributed by atoms with E-state index in [1.54, 1.807) is 6.92 Å². The Labute approximate surface area is 110 Å². The molecule has 102 valence electrons. The Balaban J connectivity index is 2.34. The van der Waals surface area contributed by atoms with Crippen LogP contribution in [0, 0.1) is 0 Å². The van der Waals surface area contributed by atoms with Crippen LogP contribution in [0.2, 0.25) is 0 Å². The van der Waals surface area contributed by atoms with Gasteiger partial charge in [-0.05, 0) is 38.0 Å². The predicted molar refractivity (Wildman–Crippen MR) is 76.5 cm³/mol. The zero-order chi connectivity index (χ0) is 12.7. The summed E-state index contributed by atoms with van der Waals surface area (Å²) in [6, 6.07) is 0.500. The highest BCUT2D eigenvalue weighted by molar-refractivity contribution is 8.00. The molecular formula is C12H25NO2S2. The lowest BCUT2D eigenvalue weighted by Crippen LogP contribution is -2.37. The highest BCUT2D eigenvalue weighted by Crippen LogP contribution is 2.30. The molecule has 1 fully saturated rings. The number of rotatable bonds is 8. The van der Waals surface area contributed by atoms with Crippen LogP contribution in [0.3, 0.4) is 0 Å². The standard InChI is InChI=1S/C12H25NO2S2/c1-3-13-11(12-8-5-9-16-12)7-6-10-17(14,15)4-2/h11-13H,3-10H2,1-2H3. The van der Waals surface area contributed by atoms with Crippen molar-refractivity contribution in [1.29, 1.82) is 0 Å². The fourth-order valence-corrected chi connectivity index (χ4v) is 4.60. The van der Waals surface area contributed by atoms with Crippen molar-refractivity contribution in [1.82, 2.24) is 5.32 Å². The first-order chi connectivity index (χ1) is 8.09. The van der Waals surface area contributed by atoms with Gasteiger partial charge in [-0.25, -0.2) is 8.42 Å². The Hall–Kier alpha value is 0.260. The summed E-state index contributed by atoms with van der Waals surface area (Å²) in [7, 11) is -2.79. The van der Waals surface area contributed by atoms with Crippen molar-refractivity contribution >= 4 is 21.6 Å². The van der Waals surface area contributed by atoms with Crippen molar-refractivity contribution in [3.8, 4) is 0 Å². The highest BCUT2D eigenvalue weighted by atomic mass is 32.2. The smallest absolute Gasteiger partial charge is 0.150 e. The molecule has 2 atom stereocenters. The second-order valence-electron chi connectivity index (χ2n) is 4.59.